The van der Waals surface area contributed by atoms with Gasteiger partial charge in [0.2, 0.25) is 0 Å². The Labute approximate surface area is 124 Å². The van der Waals surface area contributed by atoms with Crippen molar-refractivity contribution >= 4 is 37.8 Å². The van der Waals surface area contributed by atoms with E-state index < -0.39 is 5.97 Å². The number of alkyl halides is 2. The number of benzene rings is 1. The molecule has 1 saturated carbocycles. The van der Waals surface area contributed by atoms with Gasteiger partial charge in [-0.15, -0.1) is 0 Å². The Bertz CT molecular complexity index is 408. The summed E-state index contributed by atoms with van der Waals surface area (Å²) in [5.41, 5.74) is 1.22. The van der Waals surface area contributed by atoms with Crippen molar-refractivity contribution in [1.29, 1.82) is 0 Å². The van der Waals surface area contributed by atoms with Gasteiger partial charge in [0.15, 0.2) is 0 Å². The number of rotatable bonds is 3. The lowest BCUT2D eigenvalue weighted by Gasteiger charge is -2.35. The van der Waals surface area contributed by atoms with Crippen LogP contribution in [0.3, 0.4) is 0 Å². The van der Waals surface area contributed by atoms with Crippen LogP contribution < -0.4 is 0 Å². The molecular weight excluding hydrogens is 360 g/mol. The molecule has 0 spiro atoms. The van der Waals surface area contributed by atoms with Crippen molar-refractivity contribution in [3.63, 3.8) is 0 Å². The molecule has 1 aromatic rings. The molecular formula is C14H16Br2O2. The molecule has 2 nitrogen and oxygen atoms in total. The number of aliphatic carboxylic acids is 1. The normalized spacial score (nSPS) is 32.1. The number of carbonyl (C=O) groups is 1. The van der Waals surface area contributed by atoms with Gasteiger partial charge in [0, 0.05) is 9.65 Å². The summed E-state index contributed by atoms with van der Waals surface area (Å²) in [4.78, 5) is 12.0. The van der Waals surface area contributed by atoms with Crippen LogP contribution in [-0.2, 0) is 11.2 Å². The average Bonchev–Trinajstić information content (AvgIpc) is 2.34. The molecule has 0 radical (unpaired) electrons. The van der Waals surface area contributed by atoms with Gasteiger partial charge in [0.1, 0.15) is 0 Å². The highest BCUT2D eigenvalue weighted by Crippen LogP contribution is 2.39. The van der Waals surface area contributed by atoms with Gasteiger partial charge in [0.25, 0.3) is 0 Å². The van der Waals surface area contributed by atoms with Gasteiger partial charge < -0.3 is 5.11 Å². The highest BCUT2D eigenvalue weighted by atomic mass is 79.9. The van der Waals surface area contributed by atoms with Crippen LogP contribution in [-0.4, -0.2) is 20.7 Å². The largest absolute Gasteiger partial charge is 0.481 e. The smallest absolute Gasteiger partial charge is 0.306 e. The maximum Gasteiger partial charge on any atom is 0.306 e. The molecule has 1 aliphatic carbocycles. The molecule has 0 aliphatic heterocycles. The number of carboxylic acid groups (broad SMARTS) is 1. The molecule has 4 atom stereocenters. The lowest BCUT2D eigenvalue weighted by atomic mass is 9.76. The van der Waals surface area contributed by atoms with Gasteiger partial charge in [-0.25, -0.2) is 0 Å². The van der Waals surface area contributed by atoms with Gasteiger partial charge in [-0.05, 0) is 30.7 Å². The van der Waals surface area contributed by atoms with E-state index in [0.717, 1.165) is 12.8 Å². The van der Waals surface area contributed by atoms with Crippen molar-refractivity contribution in [1.82, 2.24) is 0 Å². The molecule has 0 saturated heterocycles. The molecule has 0 unspecified atom stereocenters. The third-order valence-corrected chi connectivity index (χ3v) is 6.36. The highest BCUT2D eigenvalue weighted by molar-refractivity contribution is 9.12. The lowest BCUT2D eigenvalue weighted by molar-refractivity contribution is -0.144. The zero-order valence-electron chi connectivity index (χ0n) is 9.93. The average molecular weight is 376 g/mol. The summed E-state index contributed by atoms with van der Waals surface area (Å²) in [6, 6.07) is 10.1. The molecule has 1 aromatic carbocycles. The monoisotopic (exact) mass is 374 g/mol. The Balaban J connectivity index is 2.11. The van der Waals surface area contributed by atoms with E-state index in [-0.39, 0.29) is 16.7 Å². The van der Waals surface area contributed by atoms with E-state index in [1.54, 1.807) is 0 Å². The summed E-state index contributed by atoms with van der Waals surface area (Å²) in [6.07, 6.45) is 2.45. The van der Waals surface area contributed by atoms with Crippen molar-refractivity contribution in [2.75, 3.05) is 0 Å². The Hall–Kier alpha value is -0.350. The molecule has 1 fully saturated rings. The number of halogens is 2. The third-order valence-electron chi connectivity index (χ3n) is 3.63. The molecule has 4 heteroatoms. The summed E-state index contributed by atoms with van der Waals surface area (Å²) < 4.78 is 0. The zero-order chi connectivity index (χ0) is 13.1. The SMILES string of the molecule is O=C(O)[C@@H]1C[C@H](Br)[C@H](Br)C[C@H]1Cc1ccccc1. The van der Waals surface area contributed by atoms with Crippen LogP contribution in [0.2, 0.25) is 0 Å². The maximum atomic E-state index is 11.4. The minimum Gasteiger partial charge on any atom is -0.481 e. The number of hydrogen-bond donors (Lipinski definition) is 1. The molecule has 0 bridgehead atoms. The number of hydrogen-bond acceptors (Lipinski definition) is 1. The van der Waals surface area contributed by atoms with Gasteiger partial charge in [-0.3, -0.25) is 4.79 Å². The van der Waals surface area contributed by atoms with Crippen molar-refractivity contribution in [3.05, 3.63) is 35.9 Å². The number of carboxylic acids is 1. The summed E-state index contributed by atoms with van der Waals surface area (Å²) in [7, 11) is 0. The first-order chi connectivity index (χ1) is 8.58. The summed E-state index contributed by atoms with van der Waals surface area (Å²) in [6.45, 7) is 0. The molecule has 1 N–H and O–H groups in total. The van der Waals surface area contributed by atoms with Gasteiger partial charge in [0.05, 0.1) is 5.92 Å². The summed E-state index contributed by atoms with van der Waals surface area (Å²) >= 11 is 7.21. The topological polar surface area (TPSA) is 37.3 Å². The Morgan fingerprint density at radius 1 is 1.17 bits per heavy atom. The van der Waals surface area contributed by atoms with E-state index in [1.165, 1.54) is 5.56 Å². The van der Waals surface area contributed by atoms with Gasteiger partial charge in [-0.1, -0.05) is 62.2 Å². The van der Waals surface area contributed by atoms with Gasteiger partial charge >= 0.3 is 5.97 Å². The fourth-order valence-corrected chi connectivity index (χ4v) is 3.94. The standard InChI is InChI=1S/C14H16Br2O2/c15-12-7-10(6-9-4-2-1-3-5-9)11(14(17)18)8-13(12)16/h1-5,10-13H,6-8H2,(H,17,18)/t10-,11-,12-,13+/m1/s1. The van der Waals surface area contributed by atoms with Crippen molar-refractivity contribution in [2.45, 2.75) is 28.9 Å². The van der Waals surface area contributed by atoms with Crippen molar-refractivity contribution in [3.8, 4) is 0 Å². The van der Waals surface area contributed by atoms with Crippen LogP contribution in [0.1, 0.15) is 18.4 Å². The van der Waals surface area contributed by atoms with Crippen LogP contribution in [0.4, 0.5) is 0 Å². The molecule has 98 valence electrons. The van der Waals surface area contributed by atoms with Crippen LogP contribution in [0.15, 0.2) is 30.3 Å². The van der Waals surface area contributed by atoms with Crippen LogP contribution in [0, 0.1) is 11.8 Å². The predicted octanol–water partition coefficient (Wildman–Crippen LogP) is 3.87. The second-order valence-corrected chi connectivity index (χ2v) is 7.25. The van der Waals surface area contributed by atoms with E-state index in [9.17, 15) is 9.90 Å². The first-order valence-corrected chi connectivity index (χ1v) is 7.96. The molecule has 1 aliphatic rings. The Morgan fingerprint density at radius 3 is 2.39 bits per heavy atom. The van der Waals surface area contributed by atoms with E-state index in [2.05, 4.69) is 44.0 Å². The first kappa shape index (κ1) is 14.1. The highest BCUT2D eigenvalue weighted by Gasteiger charge is 2.38. The fraction of sp³-hybridized carbons (Fsp3) is 0.500. The van der Waals surface area contributed by atoms with E-state index in [0.29, 0.717) is 11.2 Å². The fourth-order valence-electron chi connectivity index (χ4n) is 2.63. The van der Waals surface area contributed by atoms with Crippen molar-refractivity contribution < 1.29 is 9.90 Å². The van der Waals surface area contributed by atoms with Crippen molar-refractivity contribution in [2.24, 2.45) is 11.8 Å². The molecule has 0 heterocycles. The minimum absolute atomic E-state index is 0.211. The van der Waals surface area contributed by atoms with Crippen LogP contribution in [0.5, 0.6) is 0 Å². The second kappa shape index (κ2) is 6.20. The Kier molecular flexibility index (Phi) is 4.84. The molecule has 2 rings (SSSR count). The third kappa shape index (κ3) is 3.35. The minimum atomic E-state index is -0.667. The van der Waals surface area contributed by atoms with Gasteiger partial charge in [-0.2, -0.15) is 0 Å². The molecule has 18 heavy (non-hydrogen) atoms. The van der Waals surface area contributed by atoms with Crippen LogP contribution in [0.25, 0.3) is 0 Å². The Morgan fingerprint density at radius 2 is 1.78 bits per heavy atom. The molecule has 0 aromatic heterocycles. The zero-order valence-corrected chi connectivity index (χ0v) is 13.1. The van der Waals surface area contributed by atoms with Crippen LogP contribution >= 0.6 is 31.9 Å². The maximum absolute atomic E-state index is 11.4. The first-order valence-electron chi connectivity index (χ1n) is 6.12. The summed E-state index contributed by atoms with van der Waals surface area (Å²) in [5, 5.41) is 9.35. The lowest BCUT2D eigenvalue weighted by Crippen LogP contribution is -2.37. The molecule has 0 amide bonds. The summed E-state index contributed by atoms with van der Waals surface area (Å²) in [5.74, 6) is -0.703. The predicted molar refractivity (Wildman–Crippen MR) is 79.4 cm³/mol. The van der Waals surface area contributed by atoms with E-state index >= 15 is 0 Å². The van der Waals surface area contributed by atoms with E-state index in [4.69, 9.17) is 0 Å². The second-order valence-electron chi connectivity index (χ2n) is 4.90. The van der Waals surface area contributed by atoms with E-state index in [1.807, 2.05) is 18.2 Å². The quantitative estimate of drug-likeness (QED) is 0.814.